The number of carbonyl (C=O) groups excluding carboxylic acids is 2. The van der Waals surface area contributed by atoms with Gasteiger partial charge >= 0.3 is 0 Å². The molecule has 0 unspecified atom stereocenters. The number of amides is 2. The van der Waals surface area contributed by atoms with Gasteiger partial charge in [-0.3, -0.25) is 9.59 Å². The Bertz CT molecular complexity index is 1080. The van der Waals surface area contributed by atoms with Gasteiger partial charge in [0.1, 0.15) is 0 Å². The first-order valence-corrected chi connectivity index (χ1v) is 9.74. The zero-order valence-electron chi connectivity index (χ0n) is 16.2. The molecule has 0 atom stereocenters. The summed E-state index contributed by atoms with van der Waals surface area (Å²) in [5.41, 5.74) is 2.98. The van der Waals surface area contributed by atoms with Crippen LogP contribution in [0.15, 0.2) is 48.7 Å². The highest BCUT2D eigenvalue weighted by Crippen LogP contribution is 2.28. The van der Waals surface area contributed by atoms with Crippen LogP contribution >= 0.6 is 23.2 Å². The lowest BCUT2D eigenvalue weighted by Crippen LogP contribution is -2.16. The molecule has 0 spiro atoms. The van der Waals surface area contributed by atoms with Gasteiger partial charge in [-0.15, -0.1) is 0 Å². The zero-order valence-corrected chi connectivity index (χ0v) is 17.7. The third-order valence-corrected chi connectivity index (χ3v) is 4.74. The van der Waals surface area contributed by atoms with Crippen molar-refractivity contribution in [2.24, 2.45) is 0 Å². The molecule has 0 saturated carbocycles. The van der Waals surface area contributed by atoms with Gasteiger partial charge in [-0.05, 0) is 42.3 Å². The normalized spacial score (nSPS) is 10.8. The fourth-order valence-electron chi connectivity index (χ4n) is 2.99. The van der Waals surface area contributed by atoms with E-state index in [0.29, 0.717) is 27.0 Å². The monoisotopic (exact) mass is 430 g/mol. The van der Waals surface area contributed by atoms with Crippen LogP contribution in [-0.2, 0) is 4.79 Å². The summed E-state index contributed by atoms with van der Waals surface area (Å²) in [7, 11) is 0. The summed E-state index contributed by atoms with van der Waals surface area (Å²) in [5.74, 6) is -0.487. The third kappa shape index (κ3) is 4.78. The Morgan fingerprint density at radius 3 is 2.45 bits per heavy atom. The second kappa shape index (κ2) is 8.68. The van der Waals surface area contributed by atoms with Crippen LogP contribution in [0.2, 0.25) is 10.0 Å². The van der Waals surface area contributed by atoms with Crippen molar-refractivity contribution in [2.45, 2.75) is 26.7 Å². The van der Waals surface area contributed by atoms with E-state index in [1.807, 2.05) is 26.0 Å². The lowest BCUT2D eigenvalue weighted by atomic mass is 10.0. The van der Waals surface area contributed by atoms with E-state index in [0.717, 1.165) is 11.4 Å². The van der Waals surface area contributed by atoms with Crippen LogP contribution in [-0.4, -0.2) is 21.6 Å². The van der Waals surface area contributed by atoms with Crippen LogP contribution in [0.1, 0.15) is 42.7 Å². The van der Waals surface area contributed by atoms with Gasteiger partial charge in [-0.1, -0.05) is 43.1 Å². The van der Waals surface area contributed by atoms with Crippen molar-refractivity contribution in [3.8, 4) is 5.69 Å². The second-order valence-electron chi connectivity index (χ2n) is 6.82. The quantitative estimate of drug-likeness (QED) is 0.559. The number of carbonyl (C=O) groups is 2. The van der Waals surface area contributed by atoms with E-state index in [1.165, 1.54) is 13.1 Å². The maximum absolute atomic E-state index is 12.9. The van der Waals surface area contributed by atoms with E-state index in [-0.39, 0.29) is 17.7 Å². The van der Waals surface area contributed by atoms with Gasteiger partial charge < -0.3 is 10.6 Å². The summed E-state index contributed by atoms with van der Waals surface area (Å²) in [6.07, 6.45) is 1.53. The average Bonchev–Trinajstić information content (AvgIpc) is 3.09. The van der Waals surface area contributed by atoms with Gasteiger partial charge in [0.15, 0.2) is 0 Å². The molecule has 6 nitrogen and oxygen atoms in total. The third-order valence-electron chi connectivity index (χ3n) is 4.19. The number of halogens is 2. The van der Waals surface area contributed by atoms with Crippen molar-refractivity contribution in [1.29, 1.82) is 0 Å². The minimum Gasteiger partial charge on any atom is -0.326 e. The molecule has 0 fully saturated rings. The fourth-order valence-corrected chi connectivity index (χ4v) is 3.40. The van der Waals surface area contributed by atoms with Gasteiger partial charge in [0.2, 0.25) is 5.91 Å². The maximum Gasteiger partial charge on any atom is 0.259 e. The van der Waals surface area contributed by atoms with Crippen LogP contribution in [0.3, 0.4) is 0 Å². The fraction of sp³-hybridized carbons (Fsp3) is 0.190. The predicted octanol–water partition coefficient (Wildman–Crippen LogP) is 5.51. The van der Waals surface area contributed by atoms with Crippen molar-refractivity contribution in [2.75, 3.05) is 10.6 Å². The molecule has 0 bridgehead atoms. The molecule has 2 aromatic carbocycles. The van der Waals surface area contributed by atoms with E-state index in [2.05, 4.69) is 15.7 Å². The van der Waals surface area contributed by atoms with Gasteiger partial charge in [-0.2, -0.15) is 5.10 Å². The highest BCUT2D eigenvalue weighted by atomic mass is 35.5. The van der Waals surface area contributed by atoms with E-state index < -0.39 is 0 Å². The van der Waals surface area contributed by atoms with Gasteiger partial charge in [0.05, 0.1) is 33.9 Å². The smallest absolute Gasteiger partial charge is 0.259 e. The summed E-state index contributed by atoms with van der Waals surface area (Å²) in [6, 6.07) is 12.2. The van der Waals surface area contributed by atoms with E-state index >= 15 is 0 Å². The maximum atomic E-state index is 12.9. The predicted molar refractivity (Wildman–Crippen MR) is 116 cm³/mol. The Hall–Kier alpha value is -2.83. The Balaban J connectivity index is 1.91. The minimum atomic E-state index is -0.323. The lowest BCUT2D eigenvalue weighted by molar-refractivity contribution is -0.114. The summed E-state index contributed by atoms with van der Waals surface area (Å²) in [6.45, 7) is 5.39. The molecule has 3 rings (SSSR count). The lowest BCUT2D eigenvalue weighted by Gasteiger charge is -2.14. The van der Waals surface area contributed by atoms with Crippen molar-refractivity contribution < 1.29 is 9.59 Å². The number of anilines is 2. The van der Waals surface area contributed by atoms with Gasteiger partial charge in [-0.25, -0.2) is 4.68 Å². The molecule has 29 heavy (non-hydrogen) atoms. The van der Waals surface area contributed by atoms with Crippen LogP contribution in [0.25, 0.3) is 5.69 Å². The van der Waals surface area contributed by atoms with Crippen LogP contribution in [0.5, 0.6) is 0 Å². The Morgan fingerprint density at radius 2 is 1.83 bits per heavy atom. The highest BCUT2D eigenvalue weighted by Gasteiger charge is 2.21. The SMILES string of the molecule is CC(=O)Nc1ccc(NC(=O)c2cnn(-c3cccc(Cl)c3)c2C(C)C)c(Cl)c1. The molecule has 150 valence electrons. The molecule has 0 aliphatic rings. The molecule has 0 aliphatic carbocycles. The van der Waals surface area contributed by atoms with Gasteiger partial charge in [0.25, 0.3) is 5.91 Å². The molecular formula is C21H20Cl2N4O2. The largest absolute Gasteiger partial charge is 0.326 e. The summed E-state index contributed by atoms with van der Waals surface area (Å²) in [5, 5.41) is 10.8. The van der Waals surface area contributed by atoms with Crippen LogP contribution < -0.4 is 10.6 Å². The number of nitrogens with one attached hydrogen (secondary N) is 2. The molecule has 1 aromatic heterocycles. The Morgan fingerprint density at radius 1 is 1.07 bits per heavy atom. The standard InChI is InChI=1S/C21H20Cl2N4O2/c1-12(2)20-17(11-24-27(20)16-6-4-5-14(22)9-16)21(29)26-19-8-7-15(10-18(19)23)25-13(3)28/h4-12H,1-3H3,(H,25,28)(H,26,29). The second-order valence-corrected chi connectivity index (χ2v) is 7.66. The molecule has 3 aromatic rings. The van der Waals surface area contributed by atoms with Crippen LogP contribution in [0, 0.1) is 0 Å². The van der Waals surface area contributed by atoms with Crippen molar-refractivity contribution in [3.05, 3.63) is 70.0 Å². The number of nitrogens with zero attached hydrogens (tertiary/aromatic N) is 2. The number of aromatic nitrogens is 2. The summed E-state index contributed by atoms with van der Waals surface area (Å²) in [4.78, 5) is 24.1. The number of hydrogen-bond donors (Lipinski definition) is 2. The Labute approximate surface area is 178 Å². The molecular weight excluding hydrogens is 411 g/mol. The number of hydrogen-bond acceptors (Lipinski definition) is 3. The summed E-state index contributed by atoms with van der Waals surface area (Å²) < 4.78 is 1.72. The molecule has 2 amide bonds. The molecule has 0 saturated heterocycles. The van der Waals surface area contributed by atoms with E-state index in [9.17, 15) is 9.59 Å². The first-order valence-electron chi connectivity index (χ1n) is 8.98. The van der Waals surface area contributed by atoms with E-state index in [4.69, 9.17) is 23.2 Å². The van der Waals surface area contributed by atoms with E-state index in [1.54, 1.807) is 35.0 Å². The molecule has 2 N–H and O–H groups in total. The Kier molecular flexibility index (Phi) is 6.25. The number of rotatable bonds is 5. The molecule has 8 heteroatoms. The topological polar surface area (TPSA) is 76.0 Å². The molecule has 1 heterocycles. The van der Waals surface area contributed by atoms with Gasteiger partial charge in [0, 0.05) is 17.6 Å². The molecule has 0 radical (unpaired) electrons. The minimum absolute atomic E-state index is 0.0369. The van der Waals surface area contributed by atoms with Crippen molar-refractivity contribution in [1.82, 2.24) is 9.78 Å². The van der Waals surface area contributed by atoms with Crippen molar-refractivity contribution >= 4 is 46.4 Å². The molecule has 0 aliphatic heterocycles. The van der Waals surface area contributed by atoms with Crippen LogP contribution in [0.4, 0.5) is 11.4 Å². The highest BCUT2D eigenvalue weighted by molar-refractivity contribution is 6.34. The average molecular weight is 431 g/mol. The summed E-state index contributed by atoms with van der Waals surface area (Å²) >= 11 is 12.4. The number of benzene rings is 2. The van der Waals surface area contributed by atoms with Crippen molar-refractivity contribution in [3.63, 3.8) is 0 Å². The first kappa shape index (κ1) is 20.9. The zero-order chi connectivity index (χ0) is 21.1. The first-order chi connectivity index (χ1) is 13.8.